The average molecular weight is 302 g/mol. The molecule has 1 aliphatic rings. The fourth-order valence-electron chi connectivity index (χ4n) is 2.56. The van der Waals surface area contributed by atoms with Crippen LogP contribution in [0, 0.1) is 20.8 Å². The van der Waals surface area contributed by atoms with Crippen LogP contribution in [-0.4, -0.2) is 45.6 Å². The van der Waals surface area contributed by atoms with E-state index in [4.69, 9.17) is 9.26 Å². The summed E-state index contributed by atoms with van der Waals surface area (Å²) < 4.78 is 10.8. The van der Waals surface area contributed by atoms with Gasteiger partial charge >= 0.3 is 0 Å². The maximum absolute atomic E-state index is 12.7. The lowest BCUT2D eigenvalue weighted by atomic mass is 10.1. The van der Waals surface area contributed by atoms with E-state index in [2.05, 4.69) is 15.1 Å². The van der Waals surface area contributed by atoms with Gasteiger partial charge in [-0.05, 0) is 26.8 Å². The molecule has 2 aromatic rings. The van der Waals surface area contributed by atoms with E-state index in [-0.39, 0.29) is 12.0 Å². The number of aryl methyl sites for hydroxylation is 3. The largest absolute Gasteiger partial charge is 0.367 e. The Morgan fingerprint density at radius 1 is 1.36 bits per heavy atom. The molecular formula is C15H18N4O3. The highest BCUT2D eigenvalue weighted by Gasteiger charge is 2.30. The van der Waals surface area contributed by atoms with E-state index in [0.29, 0.717) is 42.5 Å². The molecule has 0 aromatic carbocycles. The number of rotatable bonds is 2. The minimum absolute atomic E-state index is 0.0859. The predicted octanol–water partition coefficient (Wildman–Crippen LogP) is 1.60. The molecule has 3 rings (SSSR count). The molecule has 1 aliphatic heterocycles. The Hall–Kier alpha value is -2.28. The summed E-state index contributed by atoms with van der Waals surface area (Å²) in [5.41, 5.74) is 2.02. The van der Waals surface area contributed by atoms with Gasteiger partial charge in [0.1, 0.15) is 17.4 Å². The van der Waals surface area contributed by atoms with Crippen molar-refractivity contribution in [2.75, 3.05) is 19.7 Å². The molecule has 0 bridgehead atoms. The quantitative estimate of drug-likeness (QED) is 0.838. The summed E-state index contributed by atoms with van der Waals surface area (Å²) in [6.07, 6.45) is 1.40. The Balaban J connectivity index is 1.80. The van der Waals surface area contributed by atoms with Crippen molar-refractivity contribution < 1.29 is 14.1 Å². The zero-order chi connectivity index (χ0) is 15.7. The van der Waals surface area contributed by atoms with Gasteiger partial charge in [-0.3, -0.25) is 4.79 Å². The van der Waals surface area contributed by atoms with Crippen molar-refractivity contribution in [2.24, 2.45) is 0 Å². The van der Waals surface area contributed by atoms with Crippen LogP contribution in [0.3, 0.4) is 0 Å². The van der Waals surface area contributed by atoms with Gasteiger partial charge in [0.2, 0.25) is 0 Å². The van der Waals surface area contributed by atoms with Crippen molar-refractivity contribution in [1.82, 2.24) is 20.0 Å². The zero-order valence-corrected chi connectivity index (χ0v) is 12.9. The second-order valence-corrected chi connectivity index (χ2v) is 5.37. The van der Waals surface area contributed by atoms with E-state index in [1.54, 1.807) is 24.9 Å². The Labute approximate surface area is 128 Å². The third-order valence-corrected chi connectivity index (χ3v) is 3.70. The Morgan fingerprint density at radius 3 is 2.86 bits per heavy atom. The highest BCUT2D eigenvalue weighted by molar-refractivity contribution is 5.96. The fourth-order valence-corrected chi connectivity index (χ4v) is 2.56. The number of hydrogen-bond acceptors (Lipinski definition) is 6. The monoisotopic (exact) mass is 302 g/mol. The fraction of sp³-hybridized carbons (Fsp3) is 0.467. The maximum Gasteiger partial charge on any atom is 0.259 e. The molecule has 0 N–H and O–H groups in total. The molecule has 1 amide bonds. The first-order valence-corrected chi connectivity index (χ1v) is 7.19. The highest BCUT2D eigenvalue weighted by atomic mass is 16.5. The van der Waals surface area contributed by atoms with Gasteiger partial charge in [0.15, 0.2) is 5.82 Å². The minimum Gasteiger partial charge on any atom is -0.367 e. The molecule has 0 radical (unpaired) electrons. The Kier molecular flexibility index (Phi) is 3.89. The number of amides is 1. The van der Waals surface area contributed by atoms with Crippen LogP contribution in [0.15, 0.2) is 16.8 Å². The van der Waals surface area contributed by atoms with Gasteiger partial charge < -0.3 is 14.2 Å². The molecule has 116 valence electrons. The third kappa shape index (κ3) is 2.71. The number of carbonyl (C=O) groups excluding carboxylic acids is 1. The lowest BCUT2D eigenvalue weighted by Crippen LogP contribution is -2.43. The molecule has 1 fully saturated rings. The van der Waals surface area contributed by atoms with Crippen LogP contribution in [0.25, 0.3) is 0 Å². The summed E-state index contributed by atoms with van der Waals surface area (Å²) in [5.74, 6) is 1.06. The minimum atomic E-state index is -0.307. The molecule has 1 unspecified atom stereocenters. The molecule has 7 heteroatoms. The van der Waals surface area contributed by atoms with Crippen LogP contribution >= 0.6 is 0 Å². The van der Waals surface area contributed by atoms with E-state index in [9.17, 15) is 4.79 Å². The van der Waals surface area contributed by atoms with E-state index in [0.717, 1.165) is 5.69 Å². The summed E-state index contributed by atoms with van der Waals surface area (Å²) in [6.45, 7) is 6.83. The average Bonchev–Trinajstić information content (AvgIpc) is 2.86. The van der Waals surface area contributed by atoms with Crippen LogP contribution in [-0.2, 0) is 4.74 Å². The molecule has 1 saturated heterocycles. The number of nitrogens with zero attached hydrogens (tertiary/aromatic N) is 4. The molecule has 7 nitrogen and oxygen atoms in total. The first kappa shape index (κ1) is 14.6. The van der Waals surface area contributed by atoms with Crippen LogP contribution in [0.5, 0.6) is 0 Å². The zero-order valence-electron chi connectivity index (χ0n) is 12.9. The van der Waals surface area contributed by atoms with E-state index < -0.39 is 0 Å². The SMILES string of the molecule is Cc1ccnc(C2CN(C(=O)c3c(C)noc3C)CCO2)n1. The first-order valence-electron chi connectivity index (χ1n) is 7.19. The normalized spacial score (nSPS) is 18.5. The number of hydrogen-bond donors (Lipinski definition) is 0. The number of morpholine rings is 1. The van der Waals surface area contributed by atoms with E-state index >= 15 is 0 Å². The van der Waals surface area contributed by atoms with Crippen molar-refractivity contribution in [1.29, 1.82) is 0 Å². The van der Waals surface area contributed by atoms with Crippen LogP contribution in [0.1, 0.15) is 39.4 Å². The second kappa shape index (κ2) is 5.84. The van der Waals surface area contributed by atoms with Crippen molar-refractivity contribution in [3.05, 3.63) is 40.8 Å². The molecule has 0 saturated carbocycles. The van der Waals surface area contributed by atoms with Crippen molar-refractivity contribution in [3.8, 4) is 0 Å². The van der Waals surface area contributed by atoms with E-state index in [1.807, 2.05) is 13.0 Å². The van der Waals surface area contributed by atoms with Crippen LogP contribution in [0.2, 0.25) is 0 Å². The van der Waals surface area contributed by atoms with Crippen molar-refractivity contribution in [3.63, 3.8) is 0 Å². The van der Waals surface area contributed by atoms with Crippen molar-refractivity contribution >= 4 is 5.91 Å². The van der Waals surface area contributed by atoms with Gasteiger partial charge in [0.25, 0.3) is 5.91 Å². The lowest BCUT2D eigenvalue weighted by Gasteiger charge is -2.32. The Morgan fingerprint density at radius 2 is 2.18 bits per heavy atom. The summed E-state index contributed by atoms with van der Waals surface area (Å²) in [7, 11) is 0. The molecule has 0 spiro atoms. The highest BCUT2D eigenvalue weighted by Crippen LogP contribution is 2.22. The standard InChI is InChI=1S/C15H18N4O3/c1-9-4-5-16-14(17-9)12-8-19(6-7-21-12)15(20)13-10(2)18-22-11(13)3/h4-5,12H,6-8H2,1-3H3. The van der Waals surface area contributed by atoms with Gasteiger partial charge in [0, 0.05) is 18.4 Å². The van der Waals surface area contributed by atoms with Crippen molar-refractivity contribution in [2.45, 2.75) is 26.9 Å². The van der Waals surface area contributed by atoms with Gasteiger partial charge in [-0.25, -0.2) is 9.97 Å². The number of ether oxygens (including phenoxy) is 1. The Bertz CT molecular complexity index is 678. The summed E-state index contributed by atoms with van der Waals surface area (Å²) in [5, 5.41) is 3.84. The summed E-state index contributed by atoms with van der Waals surface area (Å²) >= 11 is 0. The molecule has 1 atom stereocenters. The molecule has 22 heavy (non-hydrogen) atoms. The second-order valence-electron chi connectivity index (χ2n) is 5.37. The third-order valence-electron chi connectivity index (χ3n) is 3.70. The number of aromatic nitrogens is 3. The maximum atomic E-state index is 12.7. The van der Waals surface area contributed by atoms with Gasteiger partial charge in [-0.1, -0.05) is 5.16 Å². The molecule has 0 aliphatic carbocycles. The first-order chi connectivity index (χ1) is 10.6. The molecular weight excluding hydrogens is 284 g/mol. The van der Waals surface area contributed by atoms with E-state index in [1.165, 1.54) is 0 Å². The number of carbonyl (C=O) groups is 1. The molecule has 3 heterocycles. The van der Waals surface area contributed by atoms with Gasteiger partial charge in [0.05, 0.1) is 18.8 Å². The van der Waals surface area contributed by atoms with Crippen LogP contribution < -0.4 is 0 Å². The summed E-state index contributed by atoms with van der Waals surface area (Å²) in [6, 6.07) is 1.83. The molecule has 2 aromatic heterocycles. The van der Waals surface area contributed by atoms with Gasteiger partial charge in [-0.2, -0.15) is 0 Å². The van der Waals surface area contributed by atoms with Gasteiger partial charge in [-0.15, -0.1) is 0 Å². The lowest BCUT2D eigenvalue weighted by molar-refractivity contribution is -0.0269. The predicted molar refractivity (Wildman–Crippen MR) is 77.3 cm³/mol. The summed E-state index contributed by atoms with van der Waals surface area (Å²) in [4.78, 5) is 23.1. The van der Waals surface area contributed by atoms with Crippen LogP contribution in [0.4, 0.5) is 0 Å². The smallest absolute Gasteiger partial charge is 0.259 e. The topological polar surface area (TPSA) is 81.4 Å².